The molecule has 0 bridgehead atoms. The topological polar surface area (TPSA) is 61.8 Å². The number of carbonyl (C=O) groups is 2. The van der Waals surface area contributed by atoms with E-state index in [1.165, 1.54) is 23.6 Å². The summed E-state index contributed by atoms with van der Waals surface area (Å²) in [6.07, 6.45) is 7.27. The van der Waals surface area contributed by atoms with Crippen molar-refractivity contribution in [3.63, 3.8) is 0 Å². The lowest BCUT2D eigenvalue weighted by molar-refractivity contribution is -0.144. The van der Waals surface area contributed by atoms with Gasteiger partial charge in [0, 0.05) is 17.9 Å². The Kier molecular flexibility index (Phi) is 4.74. The van der Waals surface area contributed by atoms with Gasteiger partial charge >= 0.3 is 0 Å². The maximum Gasteiger partial charge on any atom is 0.246 e. The minimum atomic E-state index is -0.296. The van der Waals surface area contributed by atoms with Crippen LogP contribution in [0.1, 0.15) is 50.5 Å². The Hall–Kier alpha value is -2.24. The van der Waals surface area contributed by atoms with Crippen molar-refractivity contribution < 1.29 is 14.0 Å². The zero-order chi connectivity index (χ0) is 18.1. The molecule has 1 heterocycles. The fourth-order valence-electron chi connectivity index (χ4n) is 4.23. The van der Waals surface area contributed by atoms with Crippen LogP contribution < -0.4 is 5.32 Å². The zero-order valence-corrected chi connectivity index (χ0v) is 14.8. The molecule has 0 spiro atoms. The number of hydrogen-bond acceptors (Lipinski definition) is 3. The van der Waals surface area contributed by atoms with Gasteiger partial charge in [0.1, 0.15) is 12.4 Å². The summed E-state index contributed by atoms with van der Waals surface area (Å²) < 4.78 is 13.2. The summed E-state index contributed by atoms with van der Waals surface area (Å²) >= 11 is 0. The SMILES string of the molecule is O=C(CN1N=C(c2ccc(F)cc2)C2CCC2C1=O)NC1CCCCC1. The molecule has 4 rings (SSSR count). The standard InChI is InChI=1S/C20H24FN3O2/c21-14-8-6-13(7-9-14)19-16-10-11-17(16)20(26)24(23-19)12-18(25)22-15-4-2-1-3-5-15/h6-9,15-17H,1-5,10-12H2,(H,22,25). The van der Waals surface area contributed by atoms with E-state index in [0.717, 1.165) is 49.8 Å². The lowest BCUT2D eigenvalue weighted by Gasteiger charge is -2.42. The predicted molar refractivity (Wildman–Crippen MR) is 95.9 cm³/mol. The lowest BCUT2D eigenvalue weighted by atomic mass is 9.68. The van der Waals surface area contributed by atoms with Gasteiger partial charge in [-0.25, -0.2) is 9.40 Å². The summed E-state index contributed by atoms with van der Waals surface area (Å²) in [7, 11) is 0. The smallest absolute Gasteiger partial charge is 0.246 e. The molecule has 1 aromatic rings. The van der Waals surface area contributed by atoms with Crippen LogP contribution in [0, 0.1) is 17.7 Å². The summed E-state index contributed by atoms with van der Waals surface area (Å²) in [5.41, 5.74) is 1.62. The van der Waals surface area contributed by atoms with Crippen molar-refractivity contribution in [2.45, 2.75) is 51.0 Å². The molecule has 2 saturated carbocycles. The lowest BCUT2D eigenvalue weighted by Crippen LogP contribution is -2.52. The quantitative estimate of drug-likeness (QED) is 0.901. The maximum absolute atomic E-state index is 13.2. The van der Waals surface area contributed by atoms with Crippen molar-refractivity contribution in [1.82, 2.24) is 10.3 Å². The molecule has 138 valence electrons. The van der Waals surface area contributed by atoms with E-state index >= 15 is 0 Å². The van der Waals surface area contributed by atoms with Gasteiger partial charge in [-0.15, -0.1) is 0 Å². The molecule has 0 saturated heterocycles. The fourth-order valence-corrected chi connectivity index (χ4v) is 4.23. The number of benzene rings is 1. The molecular formula is C20H24FN3O2. The number of amides is 2. The molecule has 3 aliphatic rings. The number of hydrazone groups is 1. The van der Waals surface area contributed by atoms with Crippen LogP contribution in [-0.2, 0) is 9.59 Å². The molecule has 26 heavy (non-hydrogen) atoms. The summed E-state index contributed by atoms with van der Waals surface area (Å²) in [5.74, 6) is -0.521. The van der Waals surface area contributed by atoms with Crippen molar-refractivity contribution >= 4 is 17.5 Å². The molecule has 2 aliphatic carbocycles. The number of nitrogens with one attached hydrogen (secondary N) is 1. The maximum atomic E-state index is 13.2. The second-order valence-electron chi connectivity index (χ2n) is 7.58. The first-order valence-corrected chi connectivity index (χ1v) is 9.57. The highest BCUT2D eigenvalue weighted by molar-refractivity contribution is 6.07. The van der Waals surface area contributed by atoms with Crippen LogP contribution in [-0.4, -0.2) is 35.1 Å². The summed E-state index contributed by atoms with van der Waals surface area (Å²) in [5, 5.41) is 8.85. The zero-order valence-electron chi connectivity index (χ0n) is 14.8. The first-order chi connectivity index (χ1) is 12.6. The van der Waals surface area contributed by atoms with Gasteiger partial charge in [0.2, 0.25) is 11.8 Å². The summed E-state index contributed by atoms with van der Waals surface area (Å²) in [6, 6.07) is 6.41. The normalized spacial score (nSPS) is 26.0. The van der Waals surface area contributed by atoms with E-state index < -0.39 is 0 Å². The highest BCUT2D eigenvalue weighted by Gasteiger charge is 2.46. The molecule has 0 radical (unpaired) electrons. The second kappa shape index (κ2) is 7.17. The van der Waals surface area contributed by atoms with Crippen LogP contribution in [0.15, 0.2) is 29.4 Å². The van der Waals surface area contributed by atoms with E-state index in [9.17, 15) is 14.0 Å². The van der Waals surface area contributed by atoms with Crippen molar-refractivity contribution in [1.29, 1.82) is 0 Å². The average molecular weight is 357 g/mol. The number of carbonyl (C=O) groups excluding carboxylic acids is 2. The Morgan fingerprint density at radius 1 is 1.08 bits per heavy atom. The van der Waals surface area contributed by atoms with Crippen LogP contribution in [0.25, 0.3) is 0 Å². The molecule has 2 amide bonds. The minimum absolute atomic E-state index is 0.0384. The Bertz CT molecular complexity index is 725. The minimum Gasteiger partial charge on any atom is -0.352 e. The first kappa shape index (κ1) is 17.2. The fraction of sp³-hybridized carbons (Fsp3) is 0.550. The van der Waals surface area contributed by atoms with Gasteiger partial charge in [0.25, 0.3) is 0 Å². The van der Waals surface area contributed by atoms with Crippen LogP contribution in [0.4, 0.5) is 4.39 Å². The van der Waals surface area contributed by atoms with E-state index in [2.05, 4.69) is 10.4 Å². The van der Waals surface area contributed by atoms with Gasteiger partial charge < -0.3 is 5.32 Å². The van der Waals surface area contributed by atoms with Crippen molar-refractivity contribution in [2.24, 2.45) is 16.9 Å². The summed E-state index contributed by atoms with van der Waals surface area (Å²) in [6.45, 7) is -0.0384. The molecule has 2 atom stereocenters. The van der Waals surface area contributed by atoms with E-state index in [-0.39, 0.29) is 42.1 Å². The summed E-state index contributed by atoms with van der Waals surface area (Å²) in [4.78, 5) is 25.0. The number of fused-ring (bicyclic) bond motifs is 1. The van der Waals surface area contributed by atoms with Crippen molar-refractivity contribution in [3.8, 4) is 0 Å². The molecule has 1 N–H and O–H groups in total. The highest BCUT2D eigenvalue weighted by atomic mass is 19.1. The third kappa shape index (κ3) is 3.37. The largest absolute Gasteiger partial charge is 0.352 e. The Morgan fingerprint density at radius 2 is 1.77 bits per heavy atom. The number of halogens is 1. The van der Waals surface area contributed by atoms with E-state index in [4.69, 9.17) is 0 Å². The Morgan fingerprint density at radius 3 is 2.42 bits per heavy atom. The molecule has 1 aliphatic heterocycles. The van der Waals surface area contributed by atoms with E-state index in [1.54, 1.807) is 12.1 Å². The van der Waals surface area contributed by atoms with Crippen molar-refractivity contribution in [3.05, 3.63) is 35.6 Å². The second-order valence-corrected chi connectivity index (χ2v) is 7.58. The Labute approximate surface area is 152 Å². The molecule has 2 unspecified atom stereocenters. The van der Waals surface area contributed by atoms with Gasteiger partial charge in [-0.05, 0) is 43.4 Å². The van der Waals surface area contributed by atoms with Crippen LogP contribution >= 0.6 is 0 Å². The third-order valence-electron chi connectivity index (χ3n) is 5.83. The van der Waals surface area contributed by atoms with Crippen LogP contribution in [0.3, 0.4) is 0 Å². The van der Waals surface area contributed by atoms with Gasteiger partial charge in [-0.1, -0.05) is 31.4 Å². The first-order valence-electron chi connectivity index (χ1n) is 9.57. The number of rotatable bonds is 4. The Balaban J connectivity index is 1.49. The van der Waals surface area contributed by atoms with Crippen LogP contribution in [0.5, 0.6) is 0 Å². The monoisotopic (exact) mass is 357 g/mol. The number of hydrogen-bond donors (Lipinski definition) is 1. The molecule has 6 heteroatoms. The highest BCUT2D eigenvalue weighted by Crippen LogP contribution is 2.41. The molecule has 1 aromatic carbocycles. The van der Waals surface area contributed by atoms with Crippen molar-refractivity contribution in [2.75, 3.05) is 6.54 Å². The van der Waals surface area contributed by atoms with Gasteiger partial charge in [-0.2, -0.15) is 5.10 Å². The molecule has 5 nitrogen and oxygen atoms in total. The molecule has 2 fully saturated rings. The van der Waals surface area contributed by atoms with E-state index in [1.807, 2.05) is 0 Å². The van der Waals surface area contributed by atoms with Gasteiger partial charge in [0.05, 0.1) is 5.71 Å². The van der Waals surface area contributed by atoms with Crippen LogP contribution in [0.2, 0.25) is 0 Å². The number of nitrogens with zero attached hydrogens (tertiary/aromatic N) is 2. The third-order valence-corrected chi connectivity index (χ3v) is 5.83. The van der Waals surface area contributed by atoms with E-state index in [0.29, 0.717) is 0 Å². The van der Waals surface area contributed by atoms with Gasteiger partial charge in [0.15, 0.2) is 0 Å². The predicted octanol–water partition coefficient (Wildman–Crippen LogP) is 2.85. The molecular weight excluding hydrogens is 333 g/mol. The molecule has 0 aromatic heterocycles. The van der Waals surface area contributed by atoms with Gasteiger partial charge in [-0.3, -0.25) is 9.59 Å². The average Bonchev–Trinajstić information content (AvgIpc) is 2.60.